The van der Waals surface area contributed by atoms with Crippen molar-refractivity contribution in [3.8, 4) is 0 Å². The first-order valence-corrected chi connectivity index (χ1v) is 19.3. The number of hydrogen-bond donors (Lipinski definition) is 1. The normalized spacial score (nSPS) is 44.1. The van der Waals surface area contributed by atoms with E-state index < -0.39 is 5.54 Å². The number of amides is 1. The Morgan fingerprint density at radius 2 is 1.51 bits per heavy atom. The monoisotopic (exact) mass is 654 g/mol. The van der Waals surface area contributed by atoms with E-state index in [1.54, 1.807) is 5.57 Å². The summed E-state index contributed by atoms with van der Waals surface area (Å²) in [4.78, 5) is 37.4. The highest BCUT2D eigenvalue weighted by atomic mass is 16.5. The summed E-state index contributed by atoms with van der Waals surface area (Å²) in [5.74, 6) is 2.62. The zero-order valence-corrected chi connectivity index (χ0v) is 31.4. The number of carbonyl (C=O) groups is 3. The second kappa shape index (κ2) is 13.5. The minimum Gasteiger partial charge on any atom is -0.469 e. The van der Waals surface area contributed by atoms with Crippen molar-refractivity contribution >= 4 is 17.8 Å². The van der Waals surface area contributed by atoms with Crippen molar-refractivity contribution in [3.05, 3.63) is 11.6 Å². The first-order chi connectivity index (χ1) is 22.1. The average molecular weight is 654 g/mol. The van der Waals surface area contributed by atoms with Gasteiger partial charge in [0.2, 0.25) is 5.91 Å². The van der Waals surface area contributed by atoms with Crippen LogP contribution in [0.2, 0.25) is 0 Å². The molecule has 0 heterocycles. The summed E-state index contributed by atoms with van der Waals surface area (Å²) in [7, 11) is 1.43. The molecular formula is C41H67NO5. The predicted molar refractivity (Wildman–Crippen MR) is 187 cm³/mol. The van der Waals surface area contributed by atoms with Gasteiger partial charge in [0.1, 0.15) is 6.10 Å². The zero-order valence-electron chi connectivity index (χ0n) is 31.4. The number of carbonyl (C=O) groups excluding carboxylic acids is 3. The van der Waals surface area contributed by atoms with Gasteiger partial charge < -0.3 is 14.8 Å². The quantitative estimate of drug-likeness (QED) is 0.144. The van der Waals surface area contributed by atoms with Crippen LogP contribution in [0.5, 0.6) is 0 Å². The average Bonchev–Trinajstić information content (AvgIpc) is 3.00. The van der Waals surface area contributed by atoms with Gasteiger partial charge in [-0.25, -0.2) is 0 Å². The summed E-state index contributed by atoms with van der Waals surface area (Å²) in [6.07, 6.45) is 18.4. The molecule has 0 aliphatic heterocycles. The zero-order chi connectivity index (χ0) is 34.4. The molecule has 5 aliphatic carbocycles. The Hall–Kier alpha value is -1.85. The van der Waals surface area contributed by atoms with Crippen molar-refractivity contribution in [1.29, 1.82) is 0 Å². The molecule has 6 heteroatoms. The molecule has 4 fully saturated rings. The second-order valence-electron chi connectivity index (χ2n) is 18.1. The van der Waals surface area contributed by atoms with Crippen molar-refractivity contribution in [3.63, 3.8) is 0 Å². The highest BCUT2D eigenvalue weighted by molar-refractivity contribution is 5.77. The molecule has 0 aromatic carbocycles. The summed E-state index contributed by atoms with van der Waals surface area (Å²) in [6, 6.07) is 0. The molecule has 0 unspecified atom stereocenters. The van der Waals surface area contributed by atoms with Crippen molar-refractivity contribution in [2.24, 2.45) is 51.2 Å². The van der Waals surface area contributed by atoms with Crippen molar-refractivity contribution in [1.82, 2.24) is 5.32 Å². The Balaban J connectivity index is 1.35. The lowest BCUT2D eigenvalue weighted by molar-refractivity contribution is -0.202. The van der Waals surface area contributed by atoms with Crippen LogP contribution in [0.1, 0.15) is 158 Å². The van der Waals surface area contributed by atoms with E-state index in [1.807, 2.05) is 0 Å². The molecule has 1 N–H and O–H groups in total. The van der Waals surface area contributed by atoms with Crippen LogP contribution in [0, 0.1) is 51.2 Å². The van der Waals surface area contributed by atoms with Crippen LogP contribution in [0.15, 0.2) is 11.6 Å². The van der Waals surface area contributed by atoms with Gasteiger partial charge in [0.05, 0.1) is 12.6 Å². The Morgan fingerprint density at radius 3 is 2.19 bits per heavy atom. The molecule has 5 aliphatic rings. The van der Waals surface area contributed by atoms with E-state index in [0.29, 0.717) is 30.1 Å². The van der Waals surface area contributed by atoms with E-state index in [0.717, 1.165) is 76.0 Å². The minimum atomic E-state index is -0.596. The molecule has 0 radical (unpaired) electrons. The lowest BCUT2D eigenvalue weighted by Crippen LogP contribution is -2.71. The van der Waals surface area contributed by atoms with Crippen LogP contribution in [0.4, 0.5) is 0 Å². The number of rotatable bonds is 10. The molecule has 0 spiro atoms. The van der Waals surface area contributed by atoms with Gasteiger partial charge in [0.15, 0.2) is 0 Å². The van der Waals surface area contributed by atoms with Gasteiger partial charge in [-0.3, -0.25) is 14.4 Å². The summed E-state index contributed by atoms with van der Waals surface area (Å²) < 4.78 is 10.8. The highest BCUT2D eigenvalue weighted by Crippen LogP contribution is 2.75. The van der Waals surface area contributed by atoms with Crippen LogP contribution in [0.3, 0.4) is 0 Å². The van der Waals surface area contributed by atoms with E-state index in [4.69, 9.17) is 9.47 Å². The summed E-state index contributed by atoms with van der Waals surface area (Å²) >= 11 is 0. The number of nitrogens with one attached hydrogen (secondary N) is 1. The molecule has 4 saturated carbocycles. The van der Waals surface area contributed by atoms with Crippen LogP contribution in [-0.4, -0.2) is 36.6 Å². The summed E-state index contributed by atoms with van der Waals surface area (Å²) in [5, 5.41) is 3.53. The number of methoxy groups -OCH3 is 1. The summed E-state index contributed by atoms with van der Waals surface area (Å²) in [5.41, 5.74) is 2.07. The van der Waals surface area contributed by atoms with Crippen LogP contribution < -0.4 is 5.32 Å². The Bertz CT molecular complexity index is 1230. The largest absolute Gasteiger partial charge is 0.469 e. The van der Waals surface area contributed by atoms with Gasteiger partial charge in [0, 0.05) is 19.8 Å². The Kier molecular flexibility index (Phi) is 10.4. The number of ether oxygens (including phenoxy) is 2. The fourth-order valence-corrected chi connectivity index (χ4v) is 12.6. The third-order valence-corrected chi connectivity index (χ3v) is 15.7. The molecule has 6 nitrogen and oxygen atoms in total. The van der Waals surface area contributed by atoms with Crippen LogP contribution in [0.25, 0.3) is 0 Å². The molecule has 0 bridgehead atoms. The topological polar surface area (TPSA) is 81.7 Å². The van der Waals surface area contributed by atoms with Gasteiger partial charge in [0.25, 0.3) is 0 Å². The van der Waals surface area contributed by atoms with E-state index >= 15 is 0 Å². The number of esters is 2. The Morgan fingerprint density at radius 1 is 0.830 bits per heavy atom. The molecule has 0 aromatic rings. The number of allylic oxidation sites excluding steroid dienone is 2. The number of fused-ring (bicyclic) bond motifs is 7. The SMILES string of the molecule is COC(=O)CCCCCCCC(=O)N[C@]1(C)[C@@H]2CC[C@]3(C)[C@H](CC=C4[C@@H]5[C@@H](C)[C@H](C)CC[C@]5(C)CC[C@]43C)[C@@]2(C)CC[C@H]1OC(C)=O. The fraction of sp³-hybridized carbons (Fsp3) is 0.878. The second-order valence-corrected chi connectivity index (χ2v) is 18.1. The third-order valence-electron chi connectivity index (χ3n) is 15.7. The van der Waals surface area contributed by atoms with Gasteiger partial charge in [-0.2, -0.15) is 0 Å². The standard InChI is InChI=1S/C41H67NO5/c1-27-19-22-37(4)25-26-39(6)30(36(37)28(27)2)17-18-31-38(5)23-21-33(47-29(3)43)41(8,32(38)20-24-40(31,39)7)42-34(44)15-13-11-10-12-14-16-35(45)46-9/h17,27-28,31-33,36H,10-16,18-26H2,1-9H3,(H,42,44)/t27-,28+,31-,32-,33-,36+,37-,38-,39-,40-,41-/m1/s1. The number of hydrogen-bond acceptors (Lipinski definition) is 5. The van der Waals surface area contributed by atoms with Crippen molar-refractivity contribution in [2.45, 2.75) is 170 Å². The van der Waals surface area contributed by atoms with Gasteiger partial charge >= 0.3 is 11.9 Å². The van der Waals surface area contributed by atoms with Gasteiger partial charge in [-0.1, -0.05) is 72.5 Å². The molecule has 47 heavy (non-hydrogen) atoms. The molecule has 0 saturated heterocycles. The first kappa shape index (κ1) is 36.4. The maximum Gasteiger partial charge on any atom is 0.305 e. The maximum atomic E-state index is 13.6. The first-order valence-electron chi connectivity index (χ1n) is 19.3. The molecule has 11 atom stereocenters. The van der Waals surface area contributed by atoms with E-state index in [-0.39, 0.29) is 46.1 Å². The van der Waals surface area contributed by atoms with E-state index in [1.165, 1.54) is 39.7 Å². The van der Waals surface area contributed by atoms with E-state index in [2.05, 4.69) is 59.9 Å². The number of unbranched alkanes of at least 4 members (excludes halogenated alkanes) is 4. The van der Waals surface area contributed by atoms with Crippen molar-refractivity contribution in [2.75, 3.05) is 7.11 Å². The van der Waals surface area contributed by atoms with E-state index in [9.17, 15) is 14.4 Å². The highest BCUT2D eigenvalue weighted by Gasteiger charge is 2.69. The third kappa shape index (κ3) is 6.24. The molecular weight excluding hydrogens is 586 g/mol. The van der Waals surface area contributed by atoms with Gasteiger partial charge in [-0.05, 0) is 129 Å². The molecule has 1 amide bonds. The molecule has 0 aromatic heterocycles. The lowest BCUT2D eigenvalue weighted by atomic mass is 9.34. The maximum absolute atomic E-state index is 13.6. The Labute approximate surface area is 286 Å². The lowest BCUT2D eigenvalue weighted by Gasteiger charge is -2.71. The molecule has 266 valence electrons. The fourth-order valence-electron chi connectivity index (χ4n) is 12.6. The molecule has 5 rings (SSSR count). The summed E-state index contributed by atoms with van der Waals surface area (Å²) in [6.45, 7) is 19.1. The predicted octanol–water partition coefficient (Wildman–Crippen LogP) is 9.35. The van der Waals surface area contributed by atoms with Gasteiger partial charge in [-0.15, -0.1) is 0 Å². The smallest absolute Gasteiger partial charge is 0.305 e. The van der Waals surface area contributed by atoms with Crippen LogP contribution >= 0.6 is 0 Å². The van der Waals surface area contributed by atoms with Crippen LogP contribution in [-0.2, 0) is 23.9 Å². The minimum absolute atomic E-state index is 0.0442. The van der Waals surface area contributed by atoms with Crippen molar-refractivity contribution < 1.29 is 23.9 Å².